The molecule has 0 fully saturated rings. The zero-order valence-corrected chi connectivity index (χ0v) is 14.5. The summed E-state index contributed by atoms with van der Waals surface area (Å²) in [7, 11) is 0. The number of carbonyl (C=O) groups is 2. The molecule has 0 bridgehead atoms. The van der Waals surface area contributed by atoms with Crippen molar-refractivity contribution in [2.75, 3.05) is 26.2 Å². The minimum Gasteiger partial charge on any atom is -0.410 e. The topological polar surface area (TPSA) is 59.1 Å². The number of ether oxygens (including phenoxy) is 2. The Morgan fingerprint density at radius 1 is 0.833 bits per heavy atom. The Balaban J connectivity index is 3.57. The van der Waals surface area contributed by atoms with Crippen LogP contribution in [0.5, 0.6) is 11.5 Å². The smallest absolute Gasteiger partial charge is 0.410 e. The molecule has 0 saturated heterocycles. The molecule has 0 aliphatic carbocycles. The number of hydrogen-bond acceptors (Lipinski definition) is 4. The second kappa shape index (κ2) is 9.15. The van der Waals surface area contributed by atoms with Crippen LogP contribution < -0.4 is 9.47 Å². The van der Waals surface area contributed by atoms with Crippen LogP contribution in [-0.2, 0) is 0 Å². The third-order valence-electron chi connectivity index (χ3n) is 3.52. The van der Waals surface area contributed by atoms with E-state index in [1.165, 1.54) is 9.80 Å². The van der Waals surface area contributed by atoms with E-state index in [4.69, 9.17) is 17.7 Å². The Hall–Kier alpha value is -2.24. The molecule has 24 heavy (non-hydrogen) atoms. The maximum Gasteiger partial charge on any atom is 0.415 e. The molecule has 0 atom stereocenters. The van der Waals surface area contributed by atoms with Gasteiger partial charge in [-0.15, -0.1) is 0 Å². The summed E-state index contributed by atoms with van der Waals surface area (Å²) in [5.74, 6) is -0.832. The predicted octanol–water partition coefficient (Wildman–Crippen LogP) is 3.98. The summed E-state index contributed by atoms with van der Waals surface area (Å²) in [5, 5.41) is 0. The summed E-state index contributed by atoms with van der Waals surface area (Å²) in [6.07, 6.45) is -1.62. The molecule has 0 unspecified atom stereocenters. The molecule has 1 aromatic carbocycles. The lowest BCUT2D eigenvalue weighted by Gasteiger charge is -2.21. The van der Waals surface area contributed by atoms with Crippen LogP contribution in [0.1, 0.15) is 47.0 Å². The van der Waals surface area contributed by atoms with Gasteiger partial charge in [-0.3, -0.25) is 0 Å². The van der Waals surface area contributed by atoms with Crippen molar-refractivity contribution >= 4 is 12.2 Å². The highest BCUT2D eigenvalue weighted by molar-refractivity contribution is 5.73. The first kappa shape index (κ1) is 12.2. The third-order valence-corrected chi connectivity index (χ3v) is 3.52. The molecule has 0 aliphatic heterocycles. The van der Waals surface area contributed by atoms with E-state index in [2.05, 4.69) is 0 Å². The fourth-order valence-corrected chi connectivity index (χ4v) is 2.01. The van der Waals surface area contributed by atoms with Crippen molar-refractivity contribution in [1.29, 1.82) is 0 Å². The molecular weight excluding hydrogens is 308 g/mol. The van der Waals surface area contributed by atoms with Crippen LogP contribution in [0.15, 0.2) is 12.1 Å². The fraction of sp³-hybridized carbons (Fsp3) is 0.556. The third kappa shape index (κ3) is 4.88. The molecular formula is C18H28N2O4. The molecule has 0 radical (unpaired) electrons. The van der Waals surface area contributed by atoms with Gasteiger partial charge < -0.3 is 19.3 Å². The second-order valence-corrected chi connectivity index (χ2v) is 4.93. The van der Waals surface area contributed by atoms with E-state index in [1.807, 2.05) is 0 Å². The van der Waals surface area contributed by atoms with Crippen LogP contribution in [0.3, 0.4) is 0 Å². The summed E-state index contributed by atoms with van der Waals surface area (Å²) in [6, 6.07) is 1.86. The molecule has 6 heteroatoms. The maximum atomic E-state index is 12.3. The zero-order chi connectivity index (χ0) is 23.3. The van der Waals surface area contributed by atoms with Crippen LogP contribution in [0.4, 0.5) is 9.59 Å². The monoisotopic (exact) mass is 342 g/mol. The van der Waals surface area contributed by atoms with Crippen LogP contribution >= 0.6 is 0 Å². The van der Waals surface area contributed by atoms with E-state index in [-0.39, 0.29) is 0 Å². The Bertz CT molecular complexity index is 693. The van der Waals surface area contributed by atoms with Crippen molar-refractivity contribution in [1.82, 2.24) is 9.80 Å². The number of aryl methyl sites for hydroxylation is 2. The predicted molar refractivity (Wildman–Crippen MR) is 93.8 cm³/mol. The van der Waals surface area contributed by atoms with Gasteiger partial charge in [0.05, 0.1) is 0 Å². The van der Waals surface area contributed by atoms with Gasteiger partial charge in [-0.25, -0.2) is 9.59 Å². The lowest BCUT2D eigenvalue weighted by molar-refractivity contribution is 0.154. The van der Waals surface area contributed by atoms with E-state index in [0.29, 0.717) is 26.2 Å². The minimum atomic E-state index is -2.75. The summed E-state index contributed by atoms with van der Waals surface area (Å²) in [4.78, 5) is 27.3. The van der Waals surface area contributed by atoms with Gasteiger partial charge in [0.2, 0.25) is 0 Å². The average molecular weight is 342 g/mol. The van der Waals surface area contributed by atoms with Gasteiger partial charge >= 0.3 is 12.2 Å². The standard InChI is InChI=1S/C18H28N2O4/c1-7-19(8-2)17(21)23-15-11-14(6)16(12-13(15)5)24-18(22)20(9-3)10-4/h11-12H,7-10H2,1-6H3/i5D3,6D3. The highest BCUT2D eigenvalue weighted by atomic mass is 16.6. The number of carbonyl (C=O) groups excluding carboxylic acids is 2. The molecule has 0 saturated carbocycles. The molecule has 1 rings (SSSR count). The molecule has 0 spiro atoms. The minimum absolute atomic E-state index is 0.324. The molecule has 0 N–H and O–H groups in total. The SMILES string of the molecule is [2H]C([2H])([2H])c1cc(OC(=O)N(CC)CC)c(C([2H])([2H])[2H])cc1OC(=O)N(CC)CC. The van der Waals surface area contributed by atoms with Gasteiger partial charge in [0.15, 0.2) is 0 Å². The maximum absolute atomic E-state index is 12.3. The molecule has 0 aliphatic rings. The number of amides is 2. The van der Waals surface area contributed by atoms with Gasteiger partial charge in [-0.05, 0) is 64.7 Å². The van der Waals surface area contributed by atoms with E-state index in [1.54, 1.807) is 27.7 Å². The fourth-order valence-electron chi connectivity index (χ4n) is 2.01. The van der Waals surface area contributed by atoms with Crippen molar-refractivity contribution in [2.45, 2.75) is 41.4 Å². The van der Waals surface area contributed by atoms with Gasteiger partial charge in [-0.2, -0.15) is 0 Å². The molecule has 2 amide bonds. The number of nitrogens with zero attached hydrogens (tertiary/aromatic N) is 2. The Kier molecular flexibility index (Phi) is 4.64. The molecule has 6 nitrogen and oxygen atoms in total. The van der Waals surface area contributed by atoms with E-state index < -0.39 is 48.5 Å². The van der Waals surface area contributed by atoms with Crippen molar-refractivity contribution < 1.29 is 27.3 Å². The van der Waals surface area contributed by atoms with Gasteiger partial charge in [-0.1, -0.05) is 0 Å². The Morgan fingerprint density at radius 2 is 1.17 bits per heavy atom. The molecule has 0 aromatic heterocycles. The van der Waals surface area contributed by atoms with Gasteiger partial charge in [0.1, 0.15) is 11.5 Å². The lowest BCUT2D eigenvalue weighted by atomic mass is 10.1. The van der Waals surface area contributed by atoms with Crippen LogP contribution in [0, 0.1) is 13.7 Å². The largest absolute Gasteiger partial charge is 0.415 e. The number of rotatable bonds is 6. The van der Waals surface area contributed by atoms with E-state index in [9.17, 15) is 9.59 Å². The highest BCUT2D eigenvalue weighted by Gasteiger charge is 2.17. The Morgan fingerprint density at radius 3 is 1.42 bits per heavy atom. The summed E-state index contributed by atoms with van der Waals surface area (Å²) in [6.45, 7) is 2.68. The number of hydrogen-bond donors (Lipinski definition) is 0. The van der Waals surface area contributed by atoms with Gasteiger partial charge in [0.25, 0.3) is 0 Å². The normalized spacial score (nSPS) is 15.0. The van der Waals surface area contributed by atoms with Gasteiger partial charge in [0, 0.05) is 34.4 Å². The number of benzene rings is 1. The Labute approximate surface area is 152 Å². The average Bonchev–Trinajstić information content (AvgIpc) is 2.62. The quantitative estimate of drug-likeness (QED) is 0.784. The van der Waals surface area contributed by atoms with Crippen molar-refractivity contribution in [2.24, 2.45) is 0 Å². The first-order chi connectivity index (χ1) is 13.8. The summed E-state index contributed by atoms with van der Waals surface area (Å²) in [5.41, 5.74) is -0.864. The molecule has 134 valence electrons. The summed E-state index contributed by atoms with van der Waals surface area (Å²) >= 11 is 0. The van der Waals surface area contributed by atoms with Crippen molar-refractivity contribution in [3.63, 3.8) is 0 Å². The van der Waals surface area contributed by atoms with E-state index >= 15 is 0 Å². The van der Waals surface area contributed by atoms with Crippen LogP contribution in [-0.4, -0.2) is 48.2 Å². The molecule has 0 heterocycles. The first-order valence-corrected chi connectivity index (χ1v) is 7.92. The first-order valence-electron chi connectivity index (χ1n) is 10.9. The zero-order valence-electron chi connectivity index (χ0n) is 20.5. The van der Waals surface area contributed by atoms with Crippen LogP contribution in [0.25, 0.3) is 0 Å². The highest BCUT2D eigenvalue weighted by Crippen LogP contribution is 2.28. The summed E-state index contributed by atoms with van der Waals surface area (Å²) < 4.78 is 57.0. The molecule has 1 aromatic rings. The van der Waals surface area contributed by atoms with Crippen molar-refractivity contribution in [3.8, 4) is 11.5 Å². The second-order valence-electron chi connectivity index (χ2n) is 4.93. The van der Waals surface area contributed by atoms with Crippen LogP contribution in [0.2, 0.25) is 0 Å². The van der Waals surface area contributed by atoms with E-state index in [0.717, 1.165) is 12.1 Å². The van der Waals surface area contributed by atoms with Crippen molar-refractivity contribution in [3.05, 3.63) is 23.3 Å². The lowest BCUT2D eigenvalue weighted by Crippen LogP contribution is -2.33.